The molecule has 0 radical (unpaired) electrons. The topological polar surface area (TPSA) is 105 Å². The second-order valence-corrected chi connectivity index (χ2v) is 11.1. The van der Waals surface area contributed by atoms with Crippen LogP contribution in [0.3, 0.4) is 0 Å². The molecule has 2 aromatic rings. The number of ether oxygens (including phenoxy) is 2. The average molecular weight is 541 g/mol. The fourth-order valence-electron chi connectivity index (χ4n) is 2.92. The minimum Gasteiger partial charge on any atom is -0.491 e. The van der Waals surface area contributed by atoms with Crippen LogP contribution in [-0.4, -0.2) is 62.7 Å². The van der Waals surface area contributed by atoms with E-state index < -0.39 is 27.6 Å². The summed E-state index contributed by atoms with van der Waals surface area (Å²) in [5.41, 5.74) is 1.37. The average Bonchev–Trinajstić information content (AvgIpc) is 2.75. The summed E-state index contributed by atoms with van der Waals surface area (Å²) in [5, 5.41) is 20.1. The van der Waals surface area contributed by atoms with Crippen molar-refractivity contribution < 1.29 is 28.1 Å². The molecule has 0 heterocycles. The fraction of sp³-hybridized carbons (Fsp3) is 0.455. The van der Waals surface area contributed by atoms with E-state index in [-0.39, 0.29) is 31.4 Å². The summed E-state index contributed by atoms with van der Waals surface area (Å²) in [7, 11) is -3.38. The van der Waals surface area contributed by atoms with E-state index in [4.69, 9.17) is 44.3 Å². The van der Waals surface area contributed by atoms with Crippen molar-refractivity contribution in [3.63, 3.8) is 0 Å². The summed E-state index contributed by atoms with van der Waals surface area (Å²) < 4.78 is 35.5. The van der Waals surface area contributed by atoms with Crippen molar-refractivity contribution in [3.05, 3.63) is 57.6 Å². The number of alkyl halides is 1. The zero-order valence-corrected chi connectivity index (χ0v) is 21.6. The van der Waals surface area contributed by atoms with Crippen molar-refractivity contribution in [3.8, 4) is 11.5 Å². The van der Waals surface area contributed by atoms with E-state index in [1.807, 2.05) is 26.0 Å². The van der Waals surface area contributed by atoms with Crippen LogP contribution in [0.2, 0.25) is 10.0 Å². The summed E-state index contributed by atoms with van der Waals surface area (Å²) in [6, 6.07) is 10.8. The number of nitrogens with one attached hydrogen (secondary N) is 1. The molecule has 7 nitrogen and oxygen atoms in total. The zero-order chi connectivity index (χ0) is 24.8. The Bertz CT molecular complexity index is 1010. The molecule has 184 valence electrons. The number of hydrogen-bond donors (Lipinski definition) is 3. The number of rotatable bonds is 12. The molecule has 0 saturated carbocycles. The molecule has 11 heteroatoms. The molecule has 2 atom stereocenters. The first-order valence-electron chi connectivity index (χ1n) is 10.1. The number of halogens is 3. The predicted octanol–water partition coefficient (Wildman–Crippen LogP) is 3.59. The molecule has 2 aromatic carbocycles. The van der Waals surface area contributed by atoms with Gasteiger partial charge in [-0.25, -0.2) is 13.1 Å². The van der Waals surface area contributed by atoms with Gasteiger partial charge < -0.3 is 19.7 Å². The summed E-state index contributed by atoms with van der Waals surface area (Å²) in [5.74, 6) is 0.858. The Morgan fingerprint density at radius 2 is 1.52 bits per heavy atom. The lowest BCUT2D eigenvalue weighted by atomic mass is 9.78. The molecule has 0 amide bonds. The molecule has 0 fully saturated rings. The molecule has 0 unspecified atom stereocenters. The highest BCUT2D eigenvalue weighted by Crippen LogP contribution is 2.40. The highest BCUT2D eigenvalue weighted by molar-refractivity contribution is 7.88. The minimum atomic E-state index is -3.38. The lowest BCUT2D eigenvalue weighted by Gasteiger charge is -2.27. The van der Waals surface area contributed by atoms with Gasteiger partial charge in [-0.2, -0.15) is 0 Å². The normalized spacial score (nSPS) is 14.1. The van der Waals surface area contributed by atoms with Gasteiger partial charge in [0.15, 0.2) is 5.75 Å². The van der Waals surface area contributed by atoms with Crippen LogP contribution in [0.1, 0.15) is 25.0 Å². The van der Waals surface area contributed by atoms with Crippen LogP contribution in [0.5, 0.6) is 11.5 Å². The van der Waals surface area contributed by atoms with Gasteiger partial charge in [0.05, 0.1) is 22.2 Å². The Balaban J connectivity index is 2.09. The van der Waals surface area contributed by atoms with Crippen molar-refractivity contribution in [1.82, 2.24) is 4.72 Å². The van der Waals surface area contributed by atoms with Gasteiger partial charge in [-0.1, -0.05) is 49.2 Å². The zero-order valence-electron chi connectivity index (χ0n) is 18.5. The molecular weight excluding hydrogens is 513 g/mol. The molecule has 0 spiro atoms. The van der Waals surface area contributed by atoms with E-state index in [1.165, 1.54) is 0 Å². The monoisotopic (exact) mass is 539 g/mol. The SMILES string of the molecule is CC(C)(c1ccc(OC[C@@H](O)CNS(C)(=O)=O)cc1)c1cc(Cl)c(OC[C@H](O)CCl)c(Cl)c1. The first-order valence-corrected chi connectivity index (χ1v) is 13.2. The van der Waals surface area contributed by atoms with Crippen molar-refractivity contribution in [2.75, 3.05) is 31.9 Å². The Labute approximate surface area is 209 Å². The standard InChI is InChI=1S/C22H28Cl3NO6S/c1-22(2,15-8-19(24)21(20(25)9-15)32-12-16(27)10-23)14-4-6-18(7-5-14)31-13-17(28)11-26-33(3,29)30/h4-9,16-17,26-28H,10-13H2,1-3H3/t16-,17+/m1/s1. The second kappa shape index (κ2) is 11.9. The quantitative estimate of drug-likeness (QED) is 0.356. The van der Waals surface area contributed by atoms with E-state index in [1.54, 1.807) is 24.3 Å². The highest BCUT2D eigenvalue weighted by atomic mass is 35.5. The number of benzene rings is 2. The van der Waals surface area contributed by atoms with Crippen LogP contribution >= 0.6 is 34.8 Å². The van der Waals surface area contributed by atoms with E-state index in [2.05, 4.69) is 4.72 Å². The summed E-state index contributed by atoms with van der Waals surface area (Å²) in [6.07, 6.45) is -0.785. The number of aliphatic hydroxyl groups is 2. The summed E-state index contributed by atoms with van der Waals surface area (Å²) >= 11 is 18.4. The minimum absolute atomic E-state index is 0.0217. The van der Waals surface area contributed by atoms with Gasteiger partial charge in [0, 0.05) is 12.0 Å². The third-order valence-electron chi connectivity index (χ3n) is 4.92. The lowest BCUT2D eigenvalue weighted by Crippen LogP contribution is -2.34. The Hall–Kier alpha value is -1.26. The summed E-state index contributed by atoms with van der Waals surface area (Å²) in [6.45, 7) is 3.82. The first kappa shape index (κ1) is 28.0. The first-order chi connectivity index (χ1) is 15.3. The highest BCUT2D eigenvalue weighted by Gasteiger charge is 2.26. The predicted molar refractivity (Wildman–Crippen MR) is 132 cm³/mol. The van der Waals surface area contributed by atoms with Gasteiger partial charge in [-0.3, -0.25) is 0 Å². The molecular formula is C22H28Cl3NO6S. The van der Waals surface area contributed by atoms with Crippen molar-refractivity contribution >= 4 is 44.8 Å². The third kappa shape index (κ3) is 8.47. The van der Waals surface area contributed by atoms with E-state index in [9.17, 15) is 18.6 Å². The van der Waals surface area contributed by atoms with Gasteiger partial charge in [0.1, 0.15) is 31.2 Å². The third-order valence-corrected chi connectivity index (χ3v) is 6.53. The molecule has 33 heavy (non-hydrogen) atoms. The van der Waals surface area contributed by atoms with Crippen molar-refractivity contribution in [2.24, 2.45) is 0 Å². The van der Waals surface area contributed by atoms with Gasteiger partial charge in [0.2, 0.25) is 10.0 Å². The Morgan fingerprint density at radius 3 is 2.03 bits per heavy atom. The fourth-order valence-corrected chi connectivity index (χ4v) is 4.10. The Kier molecular flexibility index (Phi) is 10.1. The van der Waals surface area contributed by atoms with E-state index in [0.717, 1.165) is 17.4 Å². The second-order valence-electron chi connectivity index (χ2n) is 8.12. The van der Waals surface area contributed by atoms with Gasteiger partial charge in [-0.05, 0) is 35.4 Å². The number of sulfonamides is 1. The van der Waals surface area contributed by atoms with Crippen LogP contribution in [0.25, 0.3) is 0 Å². The van der Waals surface area contributed by atoms with Crippen molar-refractivity contribution in [1.29, 1.82) is 0 Å². The molecule has 0 aliphatic heterocycles. The van der Waals surface area contributed by atoms with E-state index >= 15 is 0 Å². The largest absolute Gasteiger partial charge is 0.491 e. The molecule has 3 N–H and O–H groups in total. The van der Waals surface area contributed by atoms with Gasteiger partial charge in [0.25, 0.3) is 0 Å². The number of aliphatic hydroxyl groups excluding tert-OH is 2. The van der Waals surface area contributed by atoms with Crippen LogP contribution in [0, 0.1) is 0 Å². The van der Waals surface area contributed by atoms with Crippen molar-refractivity contribution in [2.45, 2.75) is 31.5 Å². The smallest absolute Gasteiger partial charge is 0.208 e. The summed E-state index contributed by atoms with van der Waals surface area (Å²) in [4.78, 5) is 0. The molecule has 0 aliphatic rings. The maximum absolute atomic E-state index is 11.1. The van der Waals surface area contributed by atoms with Crippen LogP contribution in [0.15, 0.2) is 36.4 Å². The van der Waals surface area contributed by atoms with Crippen LogP contribution < -0.4 is 14.2 Å². The van der Waals surface area contributed by atoms with Crippen LogP contribution in [-0.2, 0) is 15.4 Å². The molecule has 0 aliphatic carbocycles. The molecule has 2 rings (SSSR count). The van der Waals surface area contributed by atoms with Gasteiger partial charge in [-0.15, -0.1) is 11.6 Å². The van der Waals surface area contributed by atoms with E-state index in [0.29, 0.717) is 15.8 Å². The molecule has 0 saturated heterocycles. The molecule has 0 bridgehead atoms. The van der Waals surface area contributed by atoms with Crippen LogP contribution in [0.4, 0.5) is 0 Å². The van der Waals surface area contributed by atoms with Gasteiger partial charge >= 0.3 is 0 Å². The Morgan fingerprint density at radius 1 is 0.970 bits per heavy atom. The maximum atomic E-state index is 11.1. The lowest BCUT2D eigenvalue weighted by molar-refractivity contribution is 0.111. The number of hydrogen-bond acceptors (Lipinski definition) is 6. The molecule has 0 aromatic heterocycles. The maximum Gasteiger partial charge on any atom is 0.208 e.